The average Bonchev–Trinajstić information content (AvgIpc) is 2.93. The van der Waals surface area contributed by atoms with Crippen molar-refractivity contribution < 1.29 is 13.2 Å². The molecule has 3 heterocycles. The third kappa shape index (κ3) is 5.65. The Balaban J connectivity index is 1.28. The van der Waals surface area contributed by atoms with E-state index in [1.807, 2.05) is 24.3 Å². The van der Waals surface area contributed by atoms with E-state index in [4.69, 9.17) is 4.98 Å². The lowest BCUT2D eigenvalue weighted by molar-refractivity contribution is -0.120. The normalized spacial score (nSPS) is 19.3. The molecule has 1 unspecified atom stereocenters. The fourth-order valence-corrected chi connectivity index (χ4v) is 6.83. The van der Waals surface area contributed by atoms with E-state index >= 15 is 0 Å². The second-order valence-electron chi connectivity index (χ2n) is 10.5. The quantitative estimate of drug-likeness (QED) is 0.471. The zero-order chi connectivity index (χ0) is 26.0. The Morgan fingerprint density at radius 1 is 0.946 bits per heavy atom. The summed E-state index contributed by atoms with van der Waals surface area (Å²) in [6.07, 6.45) is 4.67. The molecular formula is C29H36N4O3S. The van der Waals surface area contributed by atoms with E-state index in [1.54, 1.807) is 22.5 Å². The number of benzene rings is 2. The van der Waals surface area contributed by atoms with Gasteiger partial charge in [-0.2, -0.15) is 4.31 Å². The molecule has 0 saturated carbocycles. The van der Waals surface area contributed by atoms with Crippen LogP contribution in [0.3, 0.4) is 0 Å². The van der Waals surface area contributed by atoms with Gasteiger partial charge in [-0.05, 0) is 79.6 Å². The minimum absolute atomic E-state index is 0.0374. The van der Waals surface area contributed by atoms with Gasteiger partial charge < -0.3 is 10.2 Å². The minimum Gasteiger partial charge on any atom is -0.356 e. The van der Waals surface area contributed by atoms with Crippen molar-refractivity contribution in [3.05, 3.63) is 60.2 Å². The first kappa shape index (κ1) is 25.7. The molecule has 0 aliphatic carbocycles. The highest BCUT2D eigenvalue weighted by molar-refractivity contribution is 7.89. The molecule has 5 rings (SSSR count). The lowest BCUT2D eigenvalue weighted by atomic mass is 9.96. The molecule has 7 nitrogen and oxygen atoms in total. The minimum atomic E-state index is -3.48. The van der Waals surface area contributed by atoms with E-state index in [0.29, 0.717) is 30.4 Å². The monoisotopic (exact) mass is 520 g/mol. The Kier molecular flexibility index (Phi) is 7.49. The van der Waals surface area contributed by atoms with Crippen molar-refractivity contribution in [1.29, 1.82) is 0 Å². The second kappa shape index (κ2) is 10.8. The molecular weight excluding hydrogens is 484 g/mol. The molecule has 2 aliphatic rings. The summed E-state index contributed by atoms with van der Waals surface area (Å²) in [6, 6.07) is 17.1. The number of piperidine rings is 2. The maximum absolute atomic E-state index is 13.1. The van der Waals surface area contributed by atoms with Crippen LogP contribution < -0.4 is 10.2 Å². The number of amides is 1. The first-order valence-electron chi connectivity index (χ1n) is 13.4. The topological polar surface area (TPSA) is 82.6 Å². The SMILES string of the molecule is CC(C)c1ccc(NC(=O)C2CCCN(c3ccc4cc(S(=O)(=O)N5CCCCC5)ccc4n3)C2)cc1. The fraction of sp³-hybridized carbons (Fsp3) is 0.448. The summed E-state index contributed by atoms with van der Waals surface area (Å²) >= 11 is 0. The summed E-state index contributed by atoms with van der Waals surface area (Å²) in [7, 11) is -3.48. The number of hydrogen-bond donors (Lipinski definition) is 1. The molecule has 3 aromatic rings. The second-order valence-corrected chi connectivity index (χ2v) is 12.5. The van der Waals surface area contributed by atoms with Crippen LogP contribution in [0, 0.1) is 5.92 Å². The molecule has 1 amide bonds. The molecule has 1 N–H and O–H groups in total. The number of nitrogens with one attached hydrogen (secondary N) is 1. The smallest absolute Gasteiger partial charge is 0.243 e. The third-order valence-corrected chi connectivity index (χ3v) is 9.45. The van der Waals surface area contributed by atoms with E-state index in [-0.39, 0.29) is 11.8 Å². The van der Waals surface area contributed by atoms with E-state index in [9.17, 15) is 13.2 Å². The molecule has 0 radical (unpaired) electrons. The molecule has 0 spiro atoms. The van der Waals surface area contributed by atoms with Crippen molar-refractivity contribution in [1.82, 2.24) is 9.29 Å². The Labute approximate surface area is 219 Å². The highest BCUT2D eigenvalue weighted by Crippen LogP contribution is 2.28. The molecule has 2 fully saturated rings. The van der Waals surface area contributed by atoms with Gasteiger partial charge in [0.2, 0.25) is 15.9 Å². The maximum atomic E-state index is 13.1. The van der Waals surface area contributed by atoms with Gasteiger partial charge in [0, 0.05) is 37.3 Å². The van der Waals surface area contributed by atoms with Crippen LogP contribution in [-0.2, 0) is 14.8 Å². The molecule has 2 aromatic carbocycles. The van der Waals surface area contributed by atoms with Gasteiger partial charge in [0.05, 0.1) is 16.3 Å². The molecule has 196 valence electrons. The number of anilines is 2. The number of hydrogen-bond acceptors (Lipinski definition) is 5. The number of rotatable bonds is 6. The first-order chi connectivity index (χ1) is 17.8. The number of fused-ring (bicyclic) bond motifs is 1. The van der Waals surface area contributed by atoms with E-state index in [1.165, 1.54) is 5.56 Å². The predicted octanol–water partition coefficient (Wildman–Crippen LogP) is 5.39. The molecule has 1 atom stereocenters. The van der Waals surface area contributed by atoms with Crippen molar-refractivity contribution in [3.63, 3.8) is 0 Å². The zero-order valence-electron chi connectivity index (χ0n) is 21.7. The van der Waals surface area contributed by atoms with Gasteiger partial charge in [0.25, 0.3) is 0 Å². The van der Waals surface area contributed by atoms with E-state index in [0.717, 1.165) is 61.1 Å². The van der Waals surface area contributed by atoms with Crippen LogP contribution in [-0.4, -0.2) is 49.8 Å². The number of pyridine rings is 1. The molecule has 2 saturated heterocycles. The maximum Gasteiger partial charge on any atom is 0.243 e. The molecule has 37 heavy (non-hydrogen) atoms. The Morgan fingerprint density at radius 3 is 2.43 bits per heavy atom. The summed E-state index contributed by atoms with van der Waals surface area (Å²) in [6.45, 7) is 6.93. The summed E-state index contributed by atoms with van der Waals surface area (Å²) in [5.41, 5.74) is 2.83. The van der Waals surface area contributed by atoms with Crippen LogP contribution in [0.1, 0.15) is 57.4 Å². The largest absolute Gasteiger partial charge is 0.356 e. The molecule has 8 heteroatoms. The van der Waals surface area contributed by atoms with Crippen molar-refractivity contribution in [2.24, 2.45) is 5.92 Å². The van der Waals surface area contributed by atoms with Gasteiger partial charge in [-0.25, -0.2) is 13.4 Å². The van der Waals surface area contributed by atoms with E-state index in [2.05, 4.69) is 36.2 Å². The Bertz CT molecular complexity index is 1370. The van der Waals surface area contributed by atoms with Gasteiger partial charge in [-0.1, -0.05) is 32.4 Å². The lowest BCUT2D eigenvalue weighted by Crippen LogP contribution is -2.41. The van der Waals surface area contributed by atoms with Crippen molar-refractivity contribution in [2.45, 2.75) is 56.8 Å². The van der Waals surface area contributed by atoms with Crippen LogP contribution >= 0.6 is 0 Å². The van der Waals surface area contributed by atoms with Crippen molar-refractivity contribution in [2.75, 3.05) is 36.4 Å². The van der Waals surface area contributed by atoms with Gasteiger partial charge in [0.1, 0.15) is 5.82 Å². The van der Waals surface area contributed by atoms with Crippen molar-refractivity contribution in [3.8, 4) is 0 Å². The zero-order valence-corrected chi connectivity index (χ0v) is 22.5. The fourth-order valence-electron chi connectivity index (χ4n) is 5.28. The Morgan fingerprint density at radius 2 is 1.70 bits per heavy atom. The average molecular weight is 521 g/mol. The van der Waals surface area contributed by atoms with Crippen LogP contribution in [0.15, 0.2) is 59.5 Å². The lowest BCUT2D eigenvalue weighted by Gasteiger charge is -2.33. The van der Waals surface area contributed by atoms with Gasteiger partial charge in [-0.3, -0.25) is 4.79 Å². The highest BCUT2D eigenvalue weighted by Gasteiger charge is 2.28. The molecule has 1 aromatic heterocycles. The number of sulfonamides is 1. The van der Waals surface area contributed by atoms with Crippen LogP contribution in [0.2, 0.25) is 0 Å². The predicted molar refractivity (Wildman–Crippen MR) is 148 cm³/mol. The summed E-state index contributed by atoms with van der Waals surface area (Å²) in [4.78, 5) is 20.3. The number of aromatic nitrogens is 1. The molecule has 0 bridgehead atoms. The number of nitrogens with zero attached hydrogens (tertiary/aromatic N) is 3. The summed E-state index contributed by atoms with van der Waals surface area (Å²) in [5.74, 6) is 1.19. The number of carbonyl (C=O) groups is 1. The van der Waals surface area contributed by atoms with Crippen LogP contribution in [0.5, 0.6) is 0 Å². The van der Waals surface area contributed by atoms with Crippen LogP contribution in [0.25, 0.3) is 10.9 Å². The van der Waals surface area contributed by atoms with Gasteiger partial charge in [-0.15, -0.1) is 0 Å². The first-order valence-corrected chi connectivity index (χ1v) is 14.8. The standard InChI is InChI=1S/C29H36N4O3S/c1-21(2)22-8-11-25(12-9-22)30-29(34)24-7-6-16-32(20-24)28-15-10-23-19-26(13-14-27(23)31-28)37(35,36)33-17-4-3-5-18-33/h8-15,19,21,24H,3-7,16-18,20H2,1-2H3,(H,30,34). The summed E-state index contributed by atoms with van der Waals surface area (Å²) < 4.78 is 27.8. The van der Waals surface area contributed by atoms with Gasteiger partial charge >= 0.3 is 0 Å². The van der Waals surface area contributed by atoms with Crippen molar-refractivity contribution >= 4 is 38.3 Å². The van der Waals surface area contributed by atoms with Gasteiger partial charge in [0.15, 0.2) is 0 Å². The van der Waals surface area contributed by atoms with E-state index < -0.39 is 10.0 Å². The molecule has 2 aliphatic heterocycles. The highest BCUT2D eigenvalue weighted by atomic mass is 32.2. The van der Waals surface area contributed by atoms with Crippen LogP contribution in [0.4, 0.5) is 11.5 Å². The third-order valence-electron chi connectivity index (χ3n) is 7.56. The Hall–Kier alpha value is -2.97. The summed E-state index contributed by atoms with van der Waals surface area (Å²) in [5, 5.41) is 3.88. The number of carbonyl (C=O) groups excluding carboxylic acids is 1.